The molecule has 1 N–H and O–H groups in total. The van der Waals surface area contributed by atoms with Crippen molar-refractivity contribution in [2.45, 2.75) is 6.92 Å². The lowest BCUT2D eigenvalue weighted by atomic mass is 10.5. The second-order valence-corrected chi connectivity index (χ2v) is 3.34. The number of carbonyl (C=O) groups excluding carboxylic acids is 3. The molecule has 0 rings (SSSR count). The molecule has 0 radical (unpaired) electrons. The maximum atomic E-state index is 11.8. The molecule has 94 valence electrons. The van der Waals surface area contributed by atoms with E-state index in [1.54, 1.807) is 0 Å². The van der Waals surface area contributed by atoms with Crippen molar-refractivity contribution in [2.24, 2.45) is 0 Å². The van der Waals surface area contributed by atoms with Crippen LogP contribution in [0.25, 0.3) is 0 Å². The predicted molar refractivity (Wildman–Crippen MR) is 64.3 cm³/mol. The molecule has 0 bridgehead atoms. The summed E-state index contributed by atoms with van der Waals surface area (Å²) in [5.41, 5.74) is 0. The first-order chi connectivity index (χ1) is 7.93. The van der Waals surface area contributed by atoms with Crippen molar-refractivity contribution < 1.29 is 14.4 Å². The van der Waals surface area contributed by atoms with E-state index in [0.717, 1.165) is 4.90 Å². The third kappa shape index (κ3) is 4.96. The van der Waals surface area contributed by atoms with E-state index >= 15 is 0 Å². The van der Waals surface area contributed by atoms with Gasteiger partial charge in [-0.15, -0.1) is 13.2 Å². The van der Waals surface area contributed by atoms with E-state index in [2.05, 4.69) is 13.2 Å². The Morgan fingerprint density at radius 2 is 1.71 bits per heavy atom. The van der Waals surface area contributed by atoms with Crippen molar-refractivity contribution >= 4 is 18.0 Å². The average molecular weight is 239 g/mol. The third-order valence-corrected chi connectivity index (χ3v) is 1.80. The molecule has 0 spiro atoms. The molecular weight excluding hydrogens is 222 g/mol. The van der Waals surface area contributed by atoms with E-state index in [1.165, 1.54) is 31.0 Å². The molecule has 6 nitrogen and oxygen atoms in total. The Balaban J connectivity index is 4.76. The summed E-state index contributed by atoms with van der Waals surface area (Å²) in [6.07, 6.45) is 2.94. The summed E-state index contributed by atoms with van der Waals surface area (Å²) in [6, 6.07) is -1.29. The van der Waals surface area contributed by atoms with Gasteiger partial charge in [0, 0.05) is 20.5 Å². The van der Waals surface area contributed by atoms with Crippen LogP contribution in [0.3, 0.4) is 0 Å². The largest absolute Gasteiger partial charge is 0.332 e. The van der Waals surface area contributed by atoms with Gasteiger partial charge < -0.3 is 4.90 Å². The Morgan fingerprint density at radius 3 is 2.12 bits per heavy atom. The topological polar surface area (TPSA) is 69.7 Å². The highest BCUT2D eigenvalue weighted by molar-refractivity contribution is 6.01. The van der Waals surface area contributed by atoms with Gasteiger partial charge in [-0.1, -0.05) is 12.2 Å². The number of nitrogens with zero attached hydrogens (tertiary/aromatic N) is 2. The minimum atomic E-state index is -0.765. The van der Waals surface area contributed by atoms with Crippen molar-refractivity contribution in [3.05, 3.63) is 25.3 Å². The van der Waals surface area contributed by atoms with Gasteiger partial charge in [0.25, 0.3) is 0 Å². The van der Waals surface area contributed by atoms with Crippen molar-refractivity contribution in [3.63, 3.8) is 0 Å². The van der Waals surface area contributed by atoms with Crippen LogP contribution in [0.2, 0.25) is 0 Å². The van der Waals surface area contributed by atoms with Crippen LogP contribution >= 0.6 is 0 Å². The molecule has 0 aliphatic carbocycles. The molecule has 17 heavy (non-hydrogen) atoms. The lowest BCUT2D eigenvalue weighted by molar-refractivity contribution is -0.118. The van der Waals surface area contributed by atoms with Gasteiger partial charge in [-0.3, -0.25) is 10.1 Å². The van der Waals surface area contributed by atoms with E-state index < -0.39 is 18.0 Å². The summed E-state index contributed by atoms with van der Waals surface area (Å²) < 4.78 is 0. The summed E-state index contributed by atoms with van der Waals surface area (Å²) >= 11 is 0. The predicted octanol–water partition coefficient (Wildman–Crippen LogP) is 0.968. The third-order valence-electron chi connectivity index (χ3n) is 1.80. The number of nitrogens with one attached hydrogen (secondary N) is 1. The molecule has 0 aromatic rings. The number of amides is 5. The molecule has 0 aliphatic rings. The molecule has 5 amide bonds. The fourth-order valence-corrected chi connectivity index (χ4v) is 1.07. The Labute approximate surface area is 101 Å². The van der Waals surface area contributed by atoms with Crippen LogP contribution in [0, 0.1) is 0 Å². The first-order valence-electron chi connectivity index (χ1n) is 5.00. The van der Waals surface area contributed by atoms with Crippen molar-refractivity contribution in [1.82, 2.24) is 15.1 Å². The maximum absolute atomic E-state index is 11.8. The van der Waals surface area contributed by atoms with Gasteiger partial charge in [0.05, 0.1) is 6.54 Å². The molecule has 0 atom stereocenters. The van der Waals surface area contributed by atoms with Crippen LogP contribution in [0.15, 0.2) is 25.3 Å². The van der Waals surface area contributed by atoms with Crippen LogP contribution in [0.1, 0.15) is 6.92 Å². The summed E-state index contributed by atoms with van der Waals surface area (Å²) in [6.45, 7) is 8.48. The van der Waals surface area contributed by atoms with Crippen LogP contribution in [-0.2, 0) is 4.79 Å². The van der Waals surface area contributed by atoms with Gasteiger partial charge in [0.15, 0.2) is 0 Å². The lowest BCUT2D eigenvalue weighted by Crippen LogP contribution is -2.50. The van der Waals surface area contributed by atoms with Gasteiger partial charge in [-0.25, -0.2) is 14.5 Å². The molecule has 0 heterocycles. The number of rotatable bonds is 4. The van der Waals surface area contributed by atoms with Gasteiger partial charge in [-0.2, -0.15) is 0 Å². The zero-order valence-corrected chi connectivity index (χ0v) is 10.1. The highest BCUT2D eigenvalue weighted by Crippen LogP contribution is 1.98. The number of imide groups is 2. The van der Waals surface area contributed by atoms with E-state index in [4.69, 9.17) is 0 Å². The Hall–Kier alpha value is -2.11. The van der Waals surface area contributed by atoms with E-state index in [1.807, 2.05) is 5.32 Å². The Morgan fingerprint density at radius 1 is 1.18 bits per heavy atom. The SMILES string of the molecule is C=CCN(C)C(=O)N(CC=C)C(=O)NC(C)=O. The maximum Gasteiger partial charge on any atom is 0.332 e. The minimum Gasteiger partial charge on any atom is -0.324 e. The van der Waals surface area contributed by atoms with Gasteiger partial charge in [-0.05, 0) is 0 Å². The summed E-state index contributed by atoms with van der Waals surface area (Å²) in [5.74, 6) is -0.525. The van der Waals surface area contributed by atoms with Crippen molar-refractivity contribution in [1.29, 1.82) is 0 Å². The van der Waals surface area contributed by atoms with Crippen molar-refractivity contribution in [2.75, 3.05) is 20.1 Å². The first kappa shape index (κ1) is 14.9. The molecule has 0 aromatic carbocycles. The normalized spacial score (nSPS) is 9.06. The monoisotopic (exact) mass is 239 g/mol. The number of urea groups is 2. The summed E-state index contributed by atoms with van der Waals surface area (Å²) in [7, 11) is 1.53. The fraction of sp³-hybridized carbons (Fsp3) is 0.364. The number of likely N-dealkylation sites (N-methyl/N-ethyl adjacent to an activating group) is 1. The van der Waals surface area contributed by atoms with E-state index in [-0.39, 0.29) is 6.54 Å². The van der Waals surface area contributed by atoms with Crippen LogP contribution < -0.4 is 5.32 Å². The number of hydrogen-bond acceptors (Lipinski definition) is 3. The first-order valence-corrected chi connectivity index (χ1v) is 5.00. The molecule has 0 aliphatic heterocycles. The highest BCUT2D eigenvalue weighted by atomic mass is 16.2. The lowest BCUT2D eigenvalue weighted by Gasteiger charge is -2.24. The summed E-state index contributed by atoms with van der Waals surface area (Å²) in [4.78, 5) is 36.3. The standard InChI is InChI=1S/C11H17N3O3/c1-5-7-13(4)11(17)14(8-6-2)10(16)12-9(3)15/h5-6H,1-2,7-8H2,3-4H3,(H,12,15,16). The molecule has 0 saturated carbocycles. The van der Waals surface area contributed by atoms with Gasteiger partial charge >= 0.3 is 12.1 Å². The second-order valence-electron chi connectivity index (χ2n) is 3.34. The van der Waals surface area contributed by atoms with E-state index in [9.17, 15) is 14.4 Å². The van der Waals surface area contributed by atoms with Crippen LogP contribution in [0.5, 0.6) is 0 Å². The molecular formula is C11H17N3O3. The molecule has 0 aromatic heterocycles. The van der Waals surface area contributed by atoms with E-state index in [0.29, 0.717) is 6.54 Å². The van der Waals surface area contributed by atoms with Crippen molar-refractivity contribution in [3.8, 4) is 0 Å². The number of carbonyl (C=O) groups is 3. The van der Waals surface area contributed by atoms with Gasteiger partial charge in [0.1, 0.15) is 0 Å². The molecule has 0 saturated heterocycles. The van der Waals surface area contributed by atoms with Gasteiger partial charge in [0.2, 0.25) is 5.91 Å². The second kappa shape index (κ2) is 7.21. The molecule has 0 unspecified atom stereocenters. The summed E-state index contributed by atoms with van der Waals surface area (Å²) in [5, 5.41) is 2.03. The smallest absolute Gasteiger partial charge is 0.324 e. The Kier molecular flexibility index (Phi) is 6.32. The number of hydrogen-bond donors (Lipinski definition) is 1. The Bertz CT molecular complexity index is 339. The zero-order valence-electron chi connectivity index (χ0n) is 10.1. The minimum absolute atomic E-state index is 0.0272. The molecule has 6 heteroatoms. The fourth-order valence-electron chi connectivity index (χ4n) is 1.07. The molecule has 0 fully saturated rings. The zero-order chi connectivity index (χ0) is 13.4. The van der Waals surface area contributed by atoms with Crippen LogP contribution in [-0.4, -0.2) is 47.9 Å². The quantitative estimate of drug-likeness (QED) is 0.743. The highest BCUT2D eigenvalue weighted by Gasteiger charge is 2.23. The van der Waals surface area contributed by atoms with Crippen LogP contribution in [0.4, 0.5) is 9.59 Å². The average Bonchev–Trinajstić information content (AvgIpc) is 2.24.